The quantitative estimate of drug-likeness (QED) is 0.813. The van der Waals surface area contributed by atoms with Gasteiger partial charge in [-0.25, -0.2) is 8.42 Å². The van der Waals surface area contributed by atoms with Gasteiger partial charge in [-0.15, -0.1) is 0 Å². The molecular formula is C17H14F3NO3S. The maximum absolute atomic E-state index is 12.7. The average molecular weight is 369 g/mol. The second-order valence-corrected chi connectivity index (χ2v) is 7.77. The molecule has 1 atom stereocenters. The highest BCUT2D eigenvalue weighted by Crippen LogP contribution is 2.34. The molecule has 1 amide bonds. The summed E-state index contributed by atoms with van der Waals surface area (Å²) in [7, 11) is -5.42. The molecule has 1 heterocycles. The number of benzene rings is 2. The molecule has 0 bridgehead atoms. The lowest BCUT2D eigenvalue weighted by Crippen LogP contribution is -2.35. The lowest BCUT2D eigenvalue weighted by Gasteiger charge is -2.23. The smallest absolute Gasteiger partial charge is 0.305 e. The zero-order chi connectivity index (χ0) is 18.4. The first kappa shape index (κ1) is 17.5. The molecule has 0 aromatic heterocycles. The van der Waals surface area contributed by atoms with Crippen molar-refractivity contribution in [2.75, 3.05) is 4.90 Å². The predicted molar refractivity (Wildman–Crippen MR) is 86.1 cm³/mol. The van der Waals surface area contributed by atoms with Crippen LogP contribution in [-0.2, 0) is 16.3 Å². The van der Waals surface area contributed by atoms with Crippen LogP contribution in [0.2, 0.25) is 0 Å². The lowest BCUT2D eigenvalue weighted by molar-refractivity contribution is -0.0436. The van der Waals surface area contributed by atoms with Gasteiger partial charge in [0.25, 0.3) is 15.7 Å². The Bertz CT molecular complexity index is 921. The number of amides is 1. The van der Waals surface area contributed by atoms with Gasteiger partial charge in [0.2, 0.25) is 0 Å². The van der Waals surface area contributed by atoms with E-state index >= 15 is 0 Å². The molecule has 0 unspecified atom stereocenters. The Morgan fingerprint density at radius 2 is 1.68 bits per heavy atom. The average Bonchev–Trinajstić information content (AvgIpc) is 2.89. The number of carbonyl (C=O) groups excluding carboxylic acids is 1. The molecular weight excluding hydrogens is 355 g/mol. The van der Waals surface area contributed by atoms with Gasteiger partial charge in [0.15, 0.2) is 0 Å². The van der Waals surface area contributed by atoms with E-state index in [1.807, 2.05) is 19.1 Å². The van der Waals surface area contributed by atoms with Gasteiger partial charge in [0.1, 0.15) is 0 Å². The number of carbonyl (C=O) groups is 1. The first-order valence-electron chi connectivity index (χ1n) is 7.46. The van der Waals surface area contributed by atoms with Crippen LogP contribution < -0.4 is 4.90 Å². The van der Waals surface area contributed by atoms with Crippen LogP contribution in [0.3, 0.4) is 0 Å². The Morgan fingerprint density at radius 3 is 2.28 bits per heavy atom. The minimum Gasteiger partial charge on any atom is -0.305 e. The summed E-state index contributed by atoms with van der Waals surface area (Å²) in [4.78, 5) is 13.4. The van der Waals surface area contributed by atoms with Crippen LogP contribution in [0.25, 0.3) is 0 Å². The Kier molecular flexibility index (Phi) is 4.10. The van der Waals surface area contributed by atoms with Crippen LogP contribution in [0, 0.1) is 0 Å². The van der Waals surface area contributed by atoms with Crippen LogP contribution >= 0.6 is 0 Å². The highest BCUT2D eigenvalue weighted by molar-refractivity contribution is 7.92. The number of hydrogen-bond acceptors (Lipinski definition) is 3. The fourth-order valence-electron chi connectivity index (χ4n) is 2.92. The lowest BCUT2D eigenvalue weighted by atomic mass is 10.1. The van der Waals surface area contributed by atoms with E-state index in [2.05, 4.69) is 0 Å². The molecule has 4 nitrogen and oxygen atoms in total. The van der Waals surface area contributed by atoms with Gasteiger partial charge in [-0.2, -0.15) is 13.2 Å². The van der Waals surface area contributed by atoms with Gasteiger partial charge in [0, 0.05) is 17.3 Å². The number of fused-ring (bicyclic) bond motifs is 1. The molecule has 0 radical (unpaired) electrons. The summed E-state index contributed by atoms with van der Waals surface area (Å²) in [6, 6.07) is 11.1. The van der Waals surface area contributed by atoms with Gasteiger partial charge < -0.3 is 4.90 Å². The Hall–Kier alpha value is -2.35. The van der Waals surface area contributed by atoms with Crippen LogP contribution in [0.1, 0.15) is 22.8 Å². The van der Waals surface area contributed by atoms with Gasteiger partial charge in [-0.1, -0.05) is 18.2 Å². The van der Waals surface area contributed by atoms with Crippen molar-refractivity contribution in [3.05, 3.63) is 59.7 Å². The van der Waals surface area contributed by atoms with Crippen molar-refractivity contribution >= 4 is 21.4 Å². The van der Waals surface area contributed by atoms with Crippen LogP contribution in [0.4, 0.5) is 18.9 Å². The van der Waals surface area contributed by atoms with Gasteiger partial charge >= 0.3 is 5.51 Å². The molecule has 0 aliphatic carbocycles. The highest BCUT2D eigenvalue weighted by atomic mass is 32.2. The number of rotatable bonds is 2. The molecule has 1 aliphatic rings. The van der Waals surface area contributed by atoms with E-state index < -0.39 is 20.2 Å². The zero-order valence-corrected chi connectivity index (χ0v) is 13.9. The van der Waals surface area contributed by atoms with Gasteiger partial charge in [0.05, 0.1) is 4.90 Å². The van der Waals surface area contributed by atoms with Crippen molar-refractivity contribution in [1.29, 1.82) is 0 Å². The fraction of sp³-hybridized carbons (Fsp3) is 0.235. The summed E-state index contributed by atoms with van der Waals surface area (Å²) < 4.78 is 60.5. The van der Waals surface area contributed by atoms with Crippen LogP contribution in [0.15, 0.2) is 53.4 Å². The van der Waals surface area contributed by atoms with Gasteiger partial charge in [-0.3, -0.25) is 4.79 Å². The molecule has 0 N–H and O–H groups in total. The third kappa shape index (κ3) is 2.90. The molecule has 0 fully saturated rings. The summed E-state index contributed by atoms with van der Waals surface area (Å²) in [5.41, 5.74) is -3.47. The molecule has 132 valence electrons. The molecule has 2 aromatic carbocycles. The normalized spacial score (nSPS) is 17.4. The molecule has 2 aromatic rings. The fourth-order valence-corrected chi connectivity index (χ4v) is 3.69. The van der Waals surface area contributed by atoms with E-state index in [1.54, 1.807) is 17.0 Å². The van der Waals surface area contributed by atoms with Crippen molar-refractivity contribution in [3.63, 3.8) is 0 Å². The monoisotopic (exact) mass is 369 g/mol. The summed E-state index contributed by atoms with van der Waals surface area (Å²) >= 11 is 0. The van der Waals surface area contributed by atoms with E-state index in [4.69, 9.17) is 0 Å². The van der Waals surface area contributed by atoms with Crippen LogP contribution in [0.5, 0.6) is 0 Å². The molecule has 25 heavy (non-hydrogen) atoms. The maximum atomic E-state index is 12.7. The number of para-hydroxylation sites is 1. The second kappa shape index (κ2) is 5.87. The minimum absolute atomic E-state index is 0.0940. The zero-order valence-electron chi connectivity index (χ0n) is 13.1. The molecule has 0 saturated carbocycles. The number of alkyl halides is 3. The first-order chi connectivity index (χ1) is 11.6. The van der Waals surface area contributed by atoms with Crippen LogP contribution in [-0.4, -0.2) is 25.9 Å². The van der Waals surface area contributed by atoms with Crippen molar-refractivity contribution in [2.24, 2.45) is 0 Å². The van der Waals surface area contributed by atoms with E-state index in [0.29, 0.717) is 6.42 Å². The van der Waals surface area contributed by atoms with E-state index in [9.17, 15) is 26.4 Å². The third-order valence-corrected chi connectivity index (χ3v) is 5.64. The first-order valence-corrected chi connectivity index (χ1v) is 8.94. The number of anilines is 1. The Morgan fingerprint density at radius 1 is 1.08 bits per heavy atom. The number of sulfone groups is 1. The molecule has 0 spiro atoms. The van der Waals surface area contributed by atoms with Gasteiger partial charge in [-0.05, 0) is 49.2 Å². The topological polar surface area (TPSA) is 54.5 Å². The molecule has 1 aliphatic heterocycles. The predicted octanol–water partition coefficient (Wildman–Crippen LogP) is 3.57. The third-order valence-electron chi connectivity index (χ3n) is 4.14. The number of halogens is 3. The summed E-state index contributed by atoms with van der Waals surface area (Å²) in [6.45, 7) is 1.88. The van der Waals surface area contributed by atoms with E-state index in [1.165, 1.54) is 0 Å². The number of nitrogens with zero attached hydrogens (tertiary/aromatic N) is 1. The molecule has 0 saturated heterocycles. The van der Waals surface area contributed by atoms with Crippen molar-refractivity contribution in [1.82, 2.24) is 0 Å². The molecule has 3 rings (SSSR count). The maximum Gasteiger partial charge on any atom is 0.501 e. The highest BCUT2D eigenvalue weighted by Gasteiger charge is 2.46. The summed E-state index contributed by atoms with van der Waals surface area (Å²) in [6.07, 6.45) is 0.683. The van der Waals surface area contributed by atoms with E-state index in [-0.39, 0.29) is 17.5 Å². The number of hydrogen-bond donors (Lipinski definition) is 0. The standard InChI is InChI=1S/C17H14F3NO3S/c1-11-10-13-4-2-3-5-15(13)21(11)16(22)12-6-8-14(9-7-12)25(23,24)17(18,19)20/h2-9,11H,10H2,1H3/t11-/m1/s1. The van der Waals surface area contributed by atoms with Crippen molar-refractivity contribution < 1.29 is 26.4 Å². The van der Waals surface area contributed by atoms with E-state index in [0.717, 1.165) is 35.5 Å². The summed E-state index contributed by atoms with van der Waals surface area (Å²) in [5.74, 6) is -0.381. The molecule has 8 heteroatoms. The van der Waals surface area contributed by atoms with Crippen molar-refractivity contribution in [3.8, 4) is 0 Å². The SMILES string of the molecule is C[C@@H]1Cc2ccccc2N1C(=O)c1ccc(S(=O)(=O)C(F)(F)F)cc1. The Labute approximate surface area is 142 Å². The Balaban J connectivity index is 1.93. The second-order valence-electron chi connectivity index (χ2n) is 5.83. The summed E-state index contributed by atoms with van der Waals surface area (Å²) in [5, 5.41) is 0. The minimum atomic E-state index is -5.42. The van der Waals surface area contributed by atoms with Crippen molar-refractivity contribution in [2.45, 2.75) is 29.8 Å². The largest absolute Gasteiger partial charge is 0.501 e.